The van der Waals surface area contributed by atoms with Gasteiger partial charge in [-0.15, -0.1) is 11.3 Å². The van der Waals surface area contributed by atoms with Gasteiger partial charge in [0.05, 0.1) is 12.0 Å². The summed E-state index contributed by atoms with van der Waals surface area (Å²) in [5, 5.41) is 6.10. The molecule has 0 atom stereocenters. The summed E-state index contributed by atoms with van der Waals surface area (Å²) in [7, 11) is -2.38. The van der Waals surface area contributed by atoms with Gasteiger partial charge in [0, 0.05) is 18.0 Å². The van der Waals surface area contributed by atoms with E-state index in [1.54, 1.807) is 6.07 Å². The van der Waals surface area contributed by atoms with Gasteiger partial charge in [0.25, 0.3) is 0 Å². The molecule has 0 bridgehead atoms. The smallest absolute Gasteiger partial charge is 0.244 e. The van der Waals surface area contributed by atoms with E-state index in [-0.39, 0.29) is 23.6 Å². The van der Waals surface area contributed by atoms with Gasteiger partial charge >= 0.3 is 0 Å². The van der Waals surface area contributed by atoms with Crippen molar-refractivity contribution in [3.8, 4) is 16.5 Å². The van der Waals surface area contributed by atoms with Gasteiger partial charge in [-0.05, 0) is 29.6 Å². The Morgan fingerprint density at radius 2 is 2.20 bits per heavy atom. The second-order valence-electron chi connectivity index (χ2n) is 4.93. The van der Waals surface area contributed by atoms with Crippen LogP contribution in [0.5, 0.6) is 5.75 Å². The molecule has 0 aliphatic rings. The van der Waals surface area contributed by atoms with E-state index in [2.05, 4.69) is 14.9 Å². The van der Waals surface area contributed by atoms with E-state index in [0.717, 1.165) is 4.88 Å². The summed E-state index contributed by atoms with van der Waals surface area (Å²) in [5.74, 6) is 1.06. The van der Waals surface area contributed by atoms with E-state index in [0.29, 0.717) is 16.7 Å². The molecule has 0 radical (unpaired) electrons. The number of sulfonamides is 1. The number of rotatable bonds is 7. The fourth-order valence-electron chi connectivity index (χ4n) is 2.09. The molecule has 0 fully saturated rings. The second kappa shape index (κ2) is 7.52. The predicted molar refractivity (Wildman–Crippen MR) is 94.5 cm³/mol. The molecule has 2 aromatic heterocycles. The van der Waals surface area contributed by atoms with Gasteiger partial charge in [-0.2, -0.15) is 4.98 Å². The van der Waals surface area contributed by atoms with Crippen molar-refractivity contribution in [1.82, 2.24) is 14.9 Å². The van der Waals surface area contributed by atoms with Gasteiger partial charge in [-0.1, -0.05) is 22.8 Å². The number of methoxy groups -OCH3 is 1. The van der Waals surface area contributed by atoms with Crippen molar-refractivity contribution < 1.29 is 17.7 Å². The maximum atomic E-state index is 12.4. The number of hydrogen-bond acceptors (Lipinski definition) is 7. The summed E-state index contributed by atoms with van der Waals surface area (Å²) in [6.07, 6.45) is 0.264. The van der Waals surface area contributed by atoms with Gasteiger partial charge in [0.1, 0.15) is 10.6 Å². The molecule has 0 amide bonds. The van der Waals surface area contributed by atoms with Crippen molar-refractivity contribution in [3.05, 3.63) is 46.6 Å². The Kier molecular flexibility index (Phi) is 5.38. The number of benzene rings is 1. The lowest BCUT2D eigenvalue weighted by molar-refractivity contribution is 0.379. The second-order valence-corrected chi connectivity index (χ2v) is 8.05. The first-order valence-corrected chi connectivity index (χ1v) is 9.93. The highest BCUT2D eigenvalue weighted by molar-refractivity contribution is 7.89. The maximum Gasteiger partial charge on any atom is 0.244 e. The summed E-state index contributed by atoms with van der Waals surface area (Å²) >= 11 is 7.38. The van der Waals surface area contributed by atoms with Crippen LogP contribution in [-0.2, 0) is 16.4 Å². The topological polar surface area (TPSA) is 94.3 Å². The van der Waals surface area contributed by atoms with E-state index < -0.39 is 10.0 Å². The highest BCUT2D eigenvalue weighted by atomic mass is 35.5. The average Bonchev–Trinajstić information content (AvgIpc) is 3.26. The van der Waals surface area contributed by atoms with Crippen LogP contribution in [0.4, 0.5) is 0 Å². The molecule has 0 aliphatic carbocycles. The zero-order valence-corrected chi connectivity index (χ0v) is 15.5. The minimum atomic E-state index is -3.78. The van der Waals surface area contributed by atoms with Crippen molar-refractivity contribution in [2.45, 2.75) is 11.3 Å². The molecular formula is C15H14ClN3O4S2. The molecule has 0 aliphatic heterocycles. The van der Waals surface area contributed by atoms with Crippen molar-refractivity contribution in [2.75, 3.05) is 13.7 Å². The number of hydrogen-bond donors (Lipinski definition) is 1. The number of halogens is 1. The van der Waals surface area contributed by atoms with E-state index in [1.807, 2.05) is 17.5 Å². The molecule has 7 nitrogen and oxygen atoms in total. The SMILES string of the molecule is COc1ccc(Cl)cc1S(=O)(=O)NCCc1nc(-c2cccs2)no1. The lowest BCUT2D eigenvalue weighted by atomic mass is 10.3. The summed E-state index contributed by atoms with van der Waals surface area (Å²) in [6, 6.07) is 8.17. The van der Waals surface area contributed by atoms with Gasteiger partial charge < -0.3 is 9.26 Å². The zero-order chi connectivity index (χ0) is 17.9. The largest absolute Gasteiger partial charge is 0.495 e. The molecule has 10 heteroatoms. The number of nitrogens with zero attached hydrogens (tertiary/aromatic N) is 2. The lowest BCUT2D eigenvalue weighted by Crippen LogP contribution is -2.26. The van der Waals surface area contributed by atoms with Crippen LogP contribution in [0.15, 0.2) is 45.1 Å². The highest BCUT2D eigenvalue weighted by Crippen LogP contribution is 2.27. The fraction of sp³-hybridized carbons (Fsp3) is 0.200. The summed E-state index contributed by atoms with van der Waals surface area (Å²) < 4.78 is 37.6. The van der Waals surface area contributed by atoms with Crippen molar-refractivity contribution in [1.29, 1.82) is 0 Å². The van der Waals surface area contributed by atoms with Gasteiger partial charge in [-0.25, -0.2) is 13.1 Å². The zero-order valence-electron chi connectivity index (χ0n) is 13.1. The number of aromatic nitrogens is 2. The number of thiophene rings is 1. The molecule has 0 saturated heterocycles. The molecule has 0 unspecified atom stereocenters. The standard InChI is InChI=1S/C15H14ClN3O4S2/c1-22-11-5-4-10(16)9-13(11)25(20,21)17-7-6-14-18-15(19-23-14)12-3-2-8-24-12/h2-5,8-9,17H,6-7H2,1H3. The van der Waals surface area contributed by atoms with Crippen LogP contribution in [0, 0.1) is 0 Å². The molecule has 25 heavy (non-hydrogen) atoms. The van der Waals surface area contributed by atoms with Gasteiger partial charge in [-0.3, -0.25) is 0 Å². The summed E-state index contributed by atoms with van der Waals surface area (Å²) in [5.41, 5.74) is 0. The molecule has 1 aromatic carbocycles. The quantitative estimate of drug-likeness (QED) is 0.656. The van der Waals surface area contributed by atoms with Crippen LogP contribution in [0.1, 0.15) is 5.89 Å². The third-order valence-corrected chi connectivity index (χ3v) is 5.84. The molecule has 1 N–H and O–H groups in total. The Bertz CT molecular complexity index is 955. The van der Waals surface area contributed by atoms with E-state index in [4.69, 9.17) is 20.9 Å². The van der Waals surface area contributed by atoms with Gasteiger partial charge in [0.2, 0.25) is 21.7 Å². The van der Waals surface area contributed by atoms with E-state index in [1.165, 1.54) is 30.6 Å². The third kappa shape index (κ3) is 4.18. The molecule has 0 saturated carbocycles. The number of nitrogens with one attached hydrogen (secondary N) is 1. The maximum absolute atomic E-state index is 12.4. The van der Waals surface area contributed by atoms with Crippen LogP contribution < -0.4 is 9.46 Å². The lowest BCUT2D eigenvalue weighted by Gasteiger charge is -2.10. The average molecular weight is 400 g/mol. The minimum Gasteiger partial charge on any atom is -0.495 e. The van der Waals surface area contributed by atoms with Crippen LogP contribution >= 0.6 is 22.9 Å². The highest BCUT2D eigenvalue weighted by Gasteiger charge is 2.20. The molecule has 0 spiro atoms. The predicted octanol–water partition coefficient (Wildman–Crippen LogP) is 2.98. The Morgan fingerprint density at radius 3 is 2.92 bits per heavy atom. The Balaban J connectivity index is 1.66. The normalized spacial score (nSPS) is 11.6. The van der Waals surface area contributed by atoms with Crippen LogP contribution in [0.2, 0.25) is 5.02 Å². The molecule has 3 rings (SSSR count). The fourth-order valence-corrected chi connectivity index (χ4v) is 4.20. The van der Waals surface area contributed by atoms with Crippen LogP contribution in [0.25, 0.3) is 10.7 Å². The third-order valence-electron chi connectivity index (χ3n) is 3.26. The Hall–Kier alpha value is -1.94. The van der Waals surface area contributed by atoms with Crippen molar-refractivity contribution in [2.24, 2.45) is 0 Å². The van der Waals surface area contributed by atoms with Gasteiger partial charge in [0.15, 0.2) is 0 Å². The van der Waals surface area contributed by atoms with Crippen LogP contribution in [-0.4, -0.2) is 32.2 Å². The Morgan fingerprint density at radius 1 is 1.36 bits per heavy atom. The first-order chi connectivity index (χ1) is 12.0. The first kappa shape index (κ1) is 17.9. The monoisotopic (exact) mass is 399 g/mol. The van der Waals surface area contributed by atoms with Crippen molar-refractivity contribution in [3.63, 3.8) is 0 Å². The molecule has 2 heterocycles. The van der Waals surface area contributed by atoms with Crippen molar-refractivity contribution >= 4 is 33.0 Å². The minimum absolute atomic E-state index is 0.0210. The molecule has 132 valence electrons. The molecular weight excluding hydrogens is 386 g/mol. The summed E-state index contributed by atoms with van der Waals surface area (Å²) in [6.45, 7) is 0.101. The van der Waals surface area contributed by atoms with E-state index in [9.17, 15) is 8.42 Å². The summed E-state index contributed by atoms with van der Waals surface area (Å²) in [4.78, 5) is 5.11. The molecule has 3 aromatic rings. The Labute approximate surface area is 153 Å². The van der Waals surface area contributed by atoms with Crippen LogP contribution in [0.3, 0.4) is 0 Å². The first-order valence-electron chi connectivity index (χ1n) is 7.19. The number of ether oxygens (including phenoxy) is 1. The van der Waals surface area contributed by atoms with E-state index >= 15 is 0 Å².